The molecule has 0 spiro atoms. The van der Waals surface area contributed by atoms with Crippen molar-refractivity contribution >= 4 is 17.2 Å². The molecule has 0 aliphatic rings. The molecular weight excluding hydrogens is 336 g/mol. The molecule has 8 heteroatoms. The van der Waals surface area contributed by atoms with Gasteiger partial charge in [0, 0.05) is 12.8 Å². The van der Waals surface area contributed by atoms with E-state index in [1.165, 1.54) is 6.20 Å². The van der Waals surface area contributed by atoms with Crippen molar-refractivity contribution in [3.8, 4) is 0 Å². The summed E-state index contributed by atoms with van der Waals surface area (Å²) >= 11 is 0. The summed E-state index contributed by atoms with van der Waals surface area (Å²) < 4.78 is 1.15. The minimum Gasteiger partial charge on any atom is -0.396 e. The molecule has 2 aromatic heterocycles. The Balaban J connectivity index is 2.09. The molecule has 1 atom stereocenters. The van der Waals surface area contributed by atoms with Crippen molar-refractivity contribution in [1.29, 1.82) is 0 Å². The van der Waals surface area contributed by atoms with Crippen LogP contribution in [0.4, 0.5) is 11.5 Å². The summed E-state index contributed by atoms with van der Waals surface area (Å²) in [5.74, 6) is -0.0713. The normalized spacial score (nSPS) is 12.0. The summed E-state index contributed by atoms with van der Waals surface area (Å²) in [4.78, 5) is 27.6. The number of rotatable bonds is 7. The minimum absolute atomic E-state index is 0.000906. The molecule has 0 radical (unpaired) electrons. The van der Waals surface area contributed by atoms with Gasteiger partial charge in [-0.05, 0) is 30.5 Å². The number of pyridine rings is 1. The summed E-state index contributed by atoms with van der Waals surface area (Å²) in [6, 6.07) is 14.0. The molecule has 8 nitrogen and oxygen atoms in total. The Labute approximate surface area is 148 Å². The predicted octanol–water partition coefficient (Wildman–Crippen LogP) is 2.53. The molecule has 0 aliphatic heterocycles. The van der Waals surface area contributed by atoms with E-state index in [4.69, 9.17) is 5.11 Å². The molecule has 0 amide bonds. The summed E-state index contributed by atoms with van der Waals surface area (Å²) in [7, 11) is 0. The lowest BCUT2D eigenvalue weighted by molar-refractivity contribution is -0.385. The quantitative estimate of drug-likeness (QED) is 0.498. The Hall–Kier alpha value is -3.26. The van der Waals surface area contributed by atoms with Crippen molar-refractivity contribution in [1.82, 2.24) is 9.38 Å². The minimum atomic E-state index is -0.739. The van der Waals surface area contributed by atoms with Gasteiger partial charge < -0.3 is 10.4 Å². The van der Waals surface area contributed by atoms with E-state index in [0.29, 0.717) is 18.5 Å². The fourth-order valence-electron chi connectivity index (χ4n) is 2.81. The van der Waals surface area contributed by atoms with Crippen molar-refractivity contribution in [2.45, 2.75) is 18.9 Å². The van der Waals surface area contributed by atoms with Crippen molar-refractivity contribution in [3.05, 3.63) is 80.8 Å². The molecule has 0 aliphatic carbocycles. The van der Waals surface area contributed by atoms with Gasteiger partial charge in [0.15, 0.2) is 0 Å². The second-order valence-corrected chi connectivity index (χ2v) is 5.77. The monoisotopic (exact) mass is 354 g/mol. The fourth-order valence-corrected chi connectivity index (χ4v) is 2.81. The maximum atomic E-state index is 12.5. The van der Waals surface area contributed by atoms with Gasteiger partial charge in [-0.15, -0.1) is 0 Å². The second-order valence-electron chi connectivity index (χ2n) is 5.77. The molecule has 2 N–H and O–H groups in total. The molecule has 3 rings (SSSR count). The lowest BCUT2D eigenvalue weighted by Crippen LogP contribution is -2.22. The van der Waals surface area contributed by atoms with Gasteiger partial charge in [0.05, 0.1) is 11.0 Å². The summed E-state index contributed by atoms with van der Waals surface area (Å²) in [5.41, 5.74) is -0.124. The molecule has 26 heavy (non-hydrogen) atoms. The molecule has 0 saturated heterocycles. The lowest BCUT2D eigenvalue weighted by Gasteiger charge is -2.19. The van der Waals surface area contributed by atoms with E-state index in [1.54, 1.807) is 18.2 Å². The number of nitro groups is 1. The van der Waals surface area contributed by atoms with Crippen LogP contribution in [-0.4, -0.2) is 26.0 Å². The van der Waals surface area contributed by atoms with Crippen molar-refractivity contribution in [2.75, 3.05) is 11.9 Å². The van der Waals surface area contributed by atoms with Crippen LogP contribution in [0.3, 0.4) is 0 Å². The average Bonchev–Trinajstić information content (AvgIpc) is 2.65. The Morgan fingerprint density at radius 3 is 2.62 bits per heavy atom. The van der Waals surface area contributed by atoms with Gasteiger partial charge in [0.25, 0.3) is 0 Å². The molecule has 0 bridgehead atoms. The van der Waals surface area contributed by atoms with Crippen LogP contribution in [0, 0.1) is 10.1 Å². The van der Waals surface area contributed by atoms with Crippen molar-refractivity contribution < 1.29 is 10.0 Å². The number of anilines is 1. The van der Waals surface area contributed by atoms with E-state index in [0.717, 1.165) is 9.96 Å². The zero-order chi connectivity index (χ0) is 18.5. The first kappa shape index (κ1) is 17.6. The molecule has 134 valence electrons. The maximum absolute atomic E-state index is 12.5. The van der Waals surface area contributed by atoms with E-state index in [9.17, 15) is 14.9 Å². The third-order valence-corrected chi connectivity index (χ3v) is 4.06. The smallest absolute Gasteiger partial charge is 0.376 e. The van der Waals surface area contributed by atoms with E-state index in [-0.39, 0.29) is 18.5 Å². The van der Waals surface area contributed by atoms with Gasteiger partial charge in [-0.3, -0.25) is 19.3 Å². The van der Waals surface area contributed by atoms with Gasteiger partial charge in [-0.25, -0.2) is 4.98 Å². The summed E-state index contributed by atoms with van der Waals surface area (Å²) in [6.45, 7) is 0.000906. The van der Waals surface area contributed by atoms with E-state index < -0.39 is 16.2 Å². The number of nitrogens with one attached hydrogen (secondary N) is 1. The molecule has 1 unspecified atom stereocenters. The maximum Gasteiger partial charge on any atom is 0.376 e. The van der Waals surface area contributed by atoms with Crippen LogP contribution in [0.25, 0.3) is 5.65 Å². The third kappa shape index (κ3) is 3.55. The number of hydrogen-bond donors (Lipinski definition) is 2. The number of hydrogen-bond acceptors (Lipinski definition) is 6. The van der Waals surface area contributed by atoms with Gasteiger partial charge in [-0.2, -0.15) is 0 Å². The lowest BCUT2D eigenvalue weighted by atomic mass is 10.0. The summed E-state index contributed by atoms with van der Waals surface area (Å²) in [5, 5.41) is 23.7. The van der Waals surface area contributed by atoms with Crippen LogP contribution >= 0.6 is 0 Å². The Morgan fingerprint density at radius 1 is 1.19 bits per heavy atom. The zero-order valence-electron chi connectivity index (χ0n) is 13.9. The number of aromatic nitrogens is 2. The highest BCUT2D eigenvalue weighted by atomic mass is 16.6. The van der Waals surface area contributed by atoms with Crippen LogP contribution in [0.5, 0.6) is 0 Å². The fraction of sp³-hybridized carbons (Fsp3) is 0.222. The Kier molecular flexibility index (Phi) is 5.23. The standard InChI is InChI=1S/C18H18N4O4/c23-12-6-9-14(13-7-2-1-3-8-13)19-17-16(22(25)26)18(24)21-11-5-4-10-15(21)20-17/h1-5,7-8,10-11,14,19,23H,6,9,12H2. The molecule has 0 saturated carbocycles. The Morgan fingerprint density at radius 2 is 1.92 bits per heavy atom. The van der Waals surface area contributed by atoms with Gasteiger partial charge in [0.2, 0.25) is 5.82 Å². The average molecular weight is 354 g/mol. The number of aliphatic hydroxyl groups excluding tert-OH is 1. The highest BCUT2D eigenvalue weighted by Gasteiger charge is 2.25. The van der Waals surface area contributed by atoms with Crippen molar-refractivity contribution in [2.24, 2.45) is 0 Å². The molecule has 1 aromatic carbocycles. The van der Waals surface area contributed by atoms with Crippen LogP contribution < -0.4 is 10.9 Å². The molecule has 0 fully saturated rings. The third-order valence-electron chi connectivity index (χ3n) is 4.06. The SMILES string of the molecule is O=c1c([N+](=O)[O-])c(NC(CCCO)c2ccccc2)nc2ccccn12. The van der Waals surface area contributed by atoms with E-state index in [2.05, 4.69) is 10.3 Å². The van der Waals surface area contributed by atoms with Gasteiger partial charge in [-0.1, -0.05) is 36.4 Å². The number of benzene rings is 1. The first-order valence-corrected chi connectivity index (χ1v) is 8.20. The molecular formula is C18H18N4O4. The highest BCUT2D eigenvalue weighted by Crippen LogP contribution is 2.27. The van der Waals surface area contributed by atoms with Gasteiger partial charge >= 0.3 is 11.2 Å². The van der Waals surface area contributed by atoms with Crippen LogP contribution in [0.1, 0.15) is 24.4 Å². The van der Waals surface area contributed by atoms with E-state index >= 15 is 0 Å². The highest BCUT2D eigenvalue weighted by molar-refractivity contribution is 5.60. The topological polar surface area (TPSA) is 110 Å². The van der Waals surface area contributed by atoms with Crippen molar-refractivity contribution in [3.63, 3.8) is 0 Å². The summed E-state index contributed by atoms with van der Waals surface area (Å²) in [6.07, 6.45) is 2.49. The molecule has 2 heterocycles. The largest absolute Gasteiger partial charge is 0.396 e. The number of fused-ring (bicyclic) bond motifs is 1. The predicted molar refractivity (Wildman–Crippen MR) is 97.2 cm³/mol. The number of nitrogens with zero attached hydrogens (tertiary/aromatic N) is 3. The second kappa shape index (κ2) is 7.75. The van der Waals surface area contributed by atoms with E-state index in [1.807, 2.05) is 30.3 Å². The number of aliphatic hydroxyl groups is 1. The zero-order valence-corrected chi connectivity index (χ0v) is 13.9. The first-order chi connectivity index (χ1) is 12.6. The van der Waals surface area contributed by atoms with Crippen LogP contribution in [0.2, 0.25) is 0 Å². The first-order valence-electron chi connectivity index (χ1n) is 8.20. The van der Waals surface area contributed by atoms with Crippen LogP contribution in [0.15, 0.2) is 59.5 Å². The van der Waals surface area contributed by atoms with Crippen LogP contribution in [-0.2, 0) is 0 Å². The van der Waals surface area contributed by atoms with Gasteiger partial charge in [0.1, 0.15) is 5.65 Å². The molecule has 3 aromatic rings. The Bertz CT molecular complexity index is 972.